The third-order valence-corrected chi connectivity index (χ3v) is 4.93. The van der Waals surface area contributed by atoms with E-state index in [9.17, 15) is 9.90 Å². The molecule has 1 aromatic carbocycles. The molecule has 2 N–H and O–H groups in total. The van der Waals surface area contributed by atoms with Gasteiger partial charge < -0.3 is 14.9 Å². The maximum Gasteiger partial charge on any atom is 0.256 e. The summed E-state index contributed by atoms with van der Waals surface area (Å²) in [5.41, 5.74) is 1.03. The molecule has 6 heteroatoms. The van der Waals surface area contributed by atoms with Gasteiger partial charge in [-0.3, -0.25) is 4.79 Å². The minimum absolute atomic E-state index is 0.152. The van der Waals surface area contributed by atoms with E-state index in [1.807, 2.05) is 37.3 Å². The average molecular weight is 330 g/mol. The molecular weight excluding hydrogens is 312 g/mol. The summed E-state index contributed by atoms with van der Waals surface area (Å²) in [5, 5.41) is 18.0. The van der Waals surface area contributed by atoms with Gasteiger partial charge in [-0.1, -0.05) is 30.3 Å². The molecule has 23 heavy (non-hydrogen) atoms. The van der Waals surface area contributed by atoms with E-state index in [0.717, 1.165) is 15.0 Å². The minimum atomic E-state index is -0.735. The SMILES string of the molecule is CCc1onc(C)c1C(=O)NCC(O)c1cc2ccccc2s1. The van der Waals surface area contributed by atoms with Crippen molar-refractivity contribution in [2.75, 3.05) is 6.54 Å². The quantitative estimate of drug-likeness (QED) is 0.753. The number of aromatic nitrogens is 1. The predicted octanol–water partition coefficient (Wildman–Crippen LogP) is 3.22. The van der Waals surface area contributed by atoms with Gasteiger partial charge in [-0.25, -0.2) is 0 Å². The topological polar surface area (TPSA) is 75.4 Å². The van der Waals surface area contributed by atoms with E-state index in [-0.39, 0.29) is 12.5 Å². The van der Waals surface area contributed by atoms with Crippen LogP contribution in [0.2, 0.25) is 0 Å². The molecule has 2 heterocycles. The summed E-state index contributed by atoms with van der Waals surface area (Å²) >= 11 is 1.53. The molecule has 0 fully saturated rings. The molecule has 1 atom stereocenters. The van der Waals surface area contributed by atoms with Crippen LogP contribution in [0, 0.1) is 6.92 Å². The van der Waals surface area contributed by atoms with E-state index in [2.05, 4.69) is 10.5 Å². The Balaban J connectivity index is 1.69. The fourth-order valence-electron chi connectivity index (χ4n) is 2.49. The molecule has 0 radical (unpaired) electrons. The zero-order valence-electron chi connectivity index (χ0n) is 13.0. The summed E-state index contributed by atoms with van der Waals surface area (Å²) in [6, 6.07) is 9.92. The van der Waals surface area contributed by atoms with Crippen LogP contribution in [0.1, 0.15) is 39.7 Å². The second kappa shape index (κ2) is 6.52. The molecule has 1 amide bonds. The third kappa shape index (κ3) is 3.13. The van der Waals surface area contributed by atoms with Gasteiger partial charge in [0.15, 0.2) is 0 Å². The van der Waals surface area contributed by atoms with Crippen LogP contribution < -0.4 is 5.32 Å². The standard InChI is InChI=1S/C17H18N2O3S/c1-3-13-16(10(2)19-22-13)17(21)18-9-12(20)15-8-11-6-4-5-7-14(11)23-15/h4-8,12,20H,3,9H2,1-2H3,(H,18,21). The molecule has 0 bridgehead atoms. The Bertz CT molecular complexity index is 804. The number of hydrogen-bond donors (Lipinski definition) is 2. The van der Waals surface area contributed by atoms with Gasteiger partial charge in [-0.15, -0.1) is 11.3 Å². The lowest BCUT2D eigenvalue weighted by Gasteiger charge is -2.10. The minimum Gasteiger partial charge on any atom is -0.386 e. The smallest absolute Gasteiger partial charge is 0.256 e. The first-order valence-electron chi connectivity index (χ1n) is 7.50. The highest BCUT2D eigenvalue weighted by Gasteiger charge is 2.20. The van der Waals surface area contributed by atoms with Crippen LogP contribution in [0.4, 0.5) is 0 Å². The number of aliphatic hydroxyl groups is 1. The fraction of sp³-hybridized carbons (Fsp3) is 0.294. The molecule has 2 aromatic heterocycles. The molecule has 1 unspecified atom stereocenters. The molecule has 0 saturated carbocycles. The Hall–Kier alpha value is -2.18. The summed E-state index contributed by atoms with van der Waals surface area (Å²) < 4.78 is 6.25. The van der Waals surface area contributed by atoms with Crippen LogP contribution in [0.5, 0.6) is 0 Å². The highest BCUT2D eigenvalue weighted by molar-refractivity contribution is 7.19. The second-order valence-electron chi connectivity index (χ2n) is 5.33. The van der Waals surface area contributed by atoms with Gasteiger partial charge in [0.25, 0.3) is 5.91 Å². The third-order valence-electron chi connectivity index (χ3n) is 3.71. The lowest BCUT2D eigenvalue weighted by molar-refractivity contribution is 0.0915. The molecule has 0 aliphatic rings. The van der Waals surface area contributed by atoms with Crippen LogP contribution in [0.3, 0.4) is 0 Å². The van der Waals surface area contributed by atoms with E-state index in [4.69, 9.17) is 4.52 Å². The van der Waals surface area contributed by atoms with Crippen molar-refractivity contribution < 1.29 is 14.4 Å². The summed E-state index contributed by atoms with van der Waals surface area (Å²) in [5.74, 6) is 0.303. The number of aliphatic hydroxyl groups excluding tert-OH is 1. The fourth-order valence-corrected chi connectivity index (χ4v) is 3.54. The number of fused-ring (bicyclic) bond motifs is 1. The monoisotopic (exact) mass is 330 g/mol. The summed E-state index contributed by atoms with van der Waals surface area (Å²) in [6.07, 6.45) is -0.135. The molecule has 0 aliphatic carbocycles. The highest BCUT2D eigenvalue weighted by atomic mass is 32.1. The summed E-state index contributed by atoms with van der Waals surface area (Å²) in [6.45, 7) is 3.79. The van der Waals surface area contributed by atoms with Crippen molar-refractivity contribution in [3.8, 4) is 0 Å². The molecule has 0 saturated heterocycles. The van der Waals surface area contributed by atoms with Crippen molar-refractivity contribution in [2.24, 2.45) is 0 Å². The second-order valence-corrected chi connectivity index (χ2v) is 6.45. The maximum absolute atomic E-state index is 12.3. The normalized spacial score (nSPS) is 12.5. The van der Waals surface area contributed by atoms with Gasteiger partial charge in [0.05, 0.1) is 5.69 Å². The lowest BCUT2D eigenvalue weighted by Crippen LogP contribution is -2.29. The number of aryl methyl sites for hydroxylation is 2. The number of benzene rings is 1. The average Bonchev–Trinajstić information content (AvgIpc) is 3.15. The van der Waals surface area contributed by atoms with E-state index < -0.39 is 6.10 Å². The van der Waals surface area contributed by atoms with Crippen LogP contribution in [0.15, 0.2) is 34.9 Å². The number of carbonyl (C=O) groups excluding carboxylic acids is 1. The number of carbonyl (C=O) groups is 1. The first-order chi connectivity index (χ1) is 11.1. The summed E-state index contributed by atoms with van der Waals surface area (Å²) in [4.78, 5) is 13.1. The Morgan fingerprint density at radius 2 is 2.22 bits per heavy atom. The number of rotatable bonds is 5. The Labute approximate surface area is 137 Å². The molecule has 0 spiro atoms. The van der Waals surface area contributed by atoms with Crippen LogP contribution >= 0.6 is 11.3 Å². The van der Waals surface area contributed by atoms with Crippen molar-refractivity contribution in [3.63, 3.8) is 0 Å². The first-order valence-corrected chi connectivity index (χ1v) is 8.31. The van der Waals surface area contributed by atoms with E-state index in [1.165, 1.54) is 11.3 Å². The molecule has 5 nitrogen and oxygen atoms in total. The number of nitrogens with zero attached hydrogens (tertiary/aromatic N) is 1. The zero-order chi connectivity index (χ0) is 16.4. The van der Waals surface area contributed by atoms with Gasteiger partial charge in [0.2, 0.25) is 0 Å². The first kappa shape index (κ1) is 15.7. The van der Waals surface area contributed by atoms with Crippen molar-refractivity contribution in [1.29, 1.82) is 0 Å². The number of hydrogen-bond acceptors (Lipinski definition) is 5. The van der Waals surface area contributed by atoms with E-state index in [1.54, 1.807) is 6.92 Å². The predicted molar refractivity (Wildman–Crippen MR) is 89.7 cm³/mol. The highest BCUT2D eigenvalue weighted by Crippen LogP contribution is 2.29. The van der Waals surface area contributed by atoms with Crippen molar-refractivity contribution in [2.45, 2.75) is 26.4 Å². The van der Waals surface area contributed by atoms with Gasteiger partial charge >= 0.3 is 0 Å². The van der Waals surface area contributed by atoms with Crippen molar-refractivity contribution in [1.82, 2.24) is 10.5 Å². The zero-order valence-corrected chi connectivity index (χ0v) is 13.8. The number of thiophene rings is 1. The van der Waals surface area contributed by atoms with Gasteiger partial charge in [-0.05, 0) is 24.4 Å². The largest absolute Gasteiger partial charge is 0.386 e. The van der Waals surface area contributed by atoms with Crippen LogP contribution in [0.25, 0.3) is 10.1 Å². The van der Waals surface area contributed by atoms with Gasteiger partial charge in [0, 0.05) is 22.5 Å². The number of amides is 1. The van der Waals surface area contributed by atoms with Crippen LogP contribution in [-0.4, -0.2) is 22.7 Å². The maximum atomic E-state index is 12.3. The Kier molecular flexibility index (Phi) is 4.45. The van der Waals surface area contributed by atoms with Crippen LogP contribution in [-0.2, 0) is 6.42 Å². The Morgan fingerprint density at radius 3 is 2.96 bits per heavy atom. The molecule has 3 aromatic rings. The van der Waals surface area contributed by atoms with Gasteiger partial charge in [-0.2, -0.15) is 0 Å². The number of nitrogens with one attached hydrogen (secondary N) is 1. The van der Waals surface area contributed by atoms with Gasteiger partial charge in [0.1, 0.15) is 17.4 Å². The Morgan fingerprint density at radius 1 is 1.43 bits per heavy atom. The van der Waals surface area contributed by atoms with E-state index >= 15 is 0 Å². The van der Waals surface area contributed by atoms with E-state index in [0.29, 0.717) is 23.4 Å². The van der Waals surface area contributed by atoms with Crippen molar-refractivity contribution in [3.05, 3.63) is 52.2 Å². The molecule has 0 aliphatic heterocycles. The lowest BCUT2D eigenvalue weighted by atomic mass is 10.1. The molecule has 3 rings (SSSR count). The molecular formula is C17H18N2O3S. The molecule has 120 valence electrons. The summed E-state index contributed by atoms with van der Waals surface area (Å²) in [7, 11) is 0. The van der Waals surface area contributed by atoms with Crippen molar-refractivity contribution >= 4 is 27.3 Å².